The number of hydrogen-bond donors (Lipinski definition) is 2. The normalized spacial score (nSPS) is 23.7. The molecule has 2 aliphatic heterocycles. The smallest absolute Gasteiger partial charge is 0.228 e. The summed E-state index contributed by atoms with van der Waals surface area (Å²) in [5.41, 5.74) is 0.875. The van der Waals surface area contributed by atoms with Crippen molar-refractivity contribution in [3.8, 4) is 0 Å². The Morgan fingerprint density at radius 1 is 1.33 bits per heavy atom. The maximum atomic E-state index is 13.0. The molecule has 5 heteroatoms. The van der Waals surface area contributed by atoms with Gasteiger partial charge in [0.1, 0.15) is 0 Å². The summed E-state index contributed by atoms with van der Waals surface area (Å²) in [4.78, 5) is 15.4. The van der Waals surface area contributed by atoms with E-state index in [0.717, 1.165) is 51.9 Å². The number of nitrogens with zero attached hydrogens (tertiary/aromatic N) is 1. The zero-order chi connectivity index (χ0) is 16.8. The molecule has 2 heterocycles. The molecule has 0 radical (unpaired) electrons. The van der Waals surface area contributed by atoms with Gasteiger partial charge in [0.15, 0.2) is 0 Å². The van der Waals surface area contributed by atoms with Gasteiger partial charge in [0.05, 0.1) is 12.0 Å². The van der Waals surface area contributed by atoms with Gasteiger partial charge in [-0.25, -0.2) is 0 Å². The SMILES string of the molecule is COCC1(C(=O)NC2CCCN(c3ccccc3)C2)CCNCC1. The van der Waals surface area contributed by atoms with Gasteiger partial charge < -0.3 is 20.3 Å². The Kier molecular flexibility index (Phi) is 5.74. The van der Waals surface area contributed by atoms with Crippen LogP contribution in [0.25, 0.3) is 0 Å². The van der Waals surface area contributed by atoms with Crippen LogP contribution in [0.5, 0.6) is 0 Å². The maximum absolute atomic E-state index is 13.0. The number of methoxy groups -OCH3 is 1. The van der Waals surface area contributed by atoms with E-state index in [-0.39, 0.29) is 17.4 Å². The van der Waals surface area contributed by atoms with Gasteiger partial charge >= 0.3 is 0 Å². The highest BCUT2D eigenvalue weighted by molar-refractivity contribution is 5.83. The number of ether oxygens (including phenoxy) is 1. The van der Waals surface area contributed by atoms with Crippen LogP contribution in [0.3, 0.4) is 0 Å². The van der Waals surface area contributed by atoms with Crippen molar-refractivity contribution in [2.75, 3.05) is 44.8 Å². The number of benzene rings is 1. The summed E-state index contributed by atoms with van der Waals surface area (Å²) in [6.45, 7) is 4.23. The van der Waals surface area contributed by atoms with Crippen molar-refractivity contribution >= 4 is 11.6 Å². The fourth-order valence-electron chi connectivity index (χ4n) is 3.93. The number of nitrogens with one attached hydrogen (secondary N) is 2. The van der Waals surface area contributed by atoms with Gasteiger partial charge in [0, 0.05) is 31.9 Å². The van der Waals surface area contributed by atoms with Crippen molar-refractivity contribution in [1.82, 2.24) is 10.6 Å². The minimum Gasteiger partial charge on any atom is -0.384 e. The van der Waals surface area contributed by atoms with Crippen LogP contribution in [0.4, 0.5) is 5.69 Å². The Hall–Kier alpha value is -1.59. The van der Waals surface area contributed by atoms with Crippen molar-refractivity contribution in [2.24, 2.45) is 5.41 Å². The minimum absolute atomic E-state index is 0.172. The summed E-state index contributed by atoms with van der Waals surface area (Å²) in [7, 11) is 1.69. The zero-order valence-corrected chi connectivity index (χ0v) is 14.6. The molecule has 24 heavy (non-hydrogen) atoms. The molecule has 0 bridgehead atoms. The van der Waals surface area contributed by atoms with E-state index in [1.165, 1.54) is 5.69 Å². The number of hydrogen-bond acceptors (Lipinski definition) is 4. The molecule has 0 spiro atoms. The Morgan fingerprint density at radius 2 is 2.08 bits per heavy atom. The molecule has 2 saturated heterocycles. The number of para-hydroxylation sites is 1. The molecule has 0 saturated carbocycles. The molecule has 132 valence electrons. The highest BCUT2D eigenvalue weighted by atomic mass is 16.5. The summed E-state index contributed by atoms with van der Waals surface area (Å²) >= 11 is 0. The summed E-state index contributed by atoms with van der Waals surface area (Å²) in [5.74, 6) is 0.172. The third-order valence-electron chi connectivity index (χ3n) is 5.34. The number of piperidine rings is 2. The molecule has 2 aliphatic rings. The number of rotatable bonds is 5. The molecule has 0 aromatic heterocycles. The van der Waals surface area contributed by atoms with E-state index in [1.807, 2.05) is 6.07 Å². The van der Waals surface area contributed by atoms with E-state index in [4.69, 9.17) is 4.74 Å². The van der Waals surface area contributed by atoms with Gasteiger partial charge in [0.2, 0.25) is 5.91 Å². The van der Waals surface area contributed by atoms with Gasteiger partial charge in [-0.05, 0) is 50.9 Å². The molecule has 1 aromatic rings. The second kappa shape index (κ2) is 7.99. The Morgan fingerprint density at radius 3 is 2.79 bits per heavy atom. The van der Waals surface area contributed by atoms with Gasteiger partial charge in [-0.2, -0.15) is 0 Å². The monoisotopic (exact) mass is 331 g/mol. The fraction of sp³-hybridized carbons (Fsp3) is 0.632. The lowest BCUT2D eigenvalue weighted by atomic mass is 9.78. The molecule has 2 fully saturated rings. The standard InChI is InChI=1S/C19H29N3O2/c1-24-15-19(9-11-20-12-10-19)18(23)21-16-6-5-13-22(14-16)17-7-3-2-4-8-17/h2-4,7-8,16,20H,5-6,9-15H2,1H3,(H,21,23). The first kappa shape index (κ1) is 17.2. The highest BCUT2D eigenvalue weighted by Gasteiger charge is 2.40. The molecular weight excluding hydrogens is 302 g/mol. The van der Waals surface area contributed by atoms with Crippen molar-refractivity contribution < 1.29 is 9.53 Å². The summed E-state index contributed by atoms with van der Waals surface area (Å²) in [6.07, 6.45) is 3.86. The summed E-state index contributed by atoms with van der Waals surface area (Å²) in [5, 5.41) is 6.67. The average Bonchev–Trinajstić information content (AvgIpc) is 2.64. The van der Waals surface area contributed by atoms with Crippen molar-refractivity contribution in [3.05, 3.63) is 30.3 Å². The quantitative estimate of drug-likeness (QED) is 0.864. The zero-order valence-electron chi connectivity index (χ0n) is 14.6. The van der Waals surface area contributed by atoms with E-state index in [2.05, 4.69) is 39.8 Å². The van der Waals surface area contributed by atoms with Crippen molar-refractivity contribution in [2.45, 2.75) is 31.7 Å². The largest absolute Gasteiger partial charge is 0.384 e. The first-order chi connectivity index (χ1) is 11.7. The molecule has 1 aromatic carbocycles. The fourth-order valence-corrected chi connectivity index (χ4v) is 3.93. The Bertz CT molecular complexity index is 523. The predicted molar refractivity (Wildman–Crippen MR) is 96.2 cm³/mol. The number of amides is 1. The number of carbonyl (C=O) groups is 1. The van der Waals surface area contributed by atoms with Crippen LogP contribution >= 0.6 is 0 Å². The van der Waals surface area contributed by atoms with E-state index in [1.54, 1.807) is 7.11 Å². The molecule has 1 unspecified atom stereocenters. The van der Waals surface area contributed by atoms with E-state index in [9.17, 15) is 4.79 Å². The van der Waals surface area contributed by atoms with Gasteiger partial charge in [-0.3, -0.25) is 4.79 Å². The van der Waals surface area contributed by atoms with E-state index in [0.29, 0.717) is 6.61 Å². The summed E-state index contributed by atoms with van der Waals surface area (Å²) < 4.78 is 5.39. The summed E-state index contributed by atoms with van der Waals surface area (Å²) in [6, 6.07) is 10.7. The van der Waals surface area contributed by atoms with Crippen molar-refractivity contribution in [1.29, 1.82) is 0 Å². The number of anilines is 1. The third kappa shape index (κ3) is 3.90. The predicted octanol–water partition coefficient (Wildman–Crippen LogP) is 1.79. The van der Waals surface area contributed by atoms with Crippen LogP contribution in [-0.4, -0.2) is 51.8 Å². The van der Waals surface area contributed by atoms with Crippen LogP contribution in [0.1, 0.15) is 25.7 Å². The molecule has 0 aliphatic carbocycles. The highest BCUT2D eigenvalue weighted by Crippen LogP contribution is 2.30. The molecule has 5 nitrogen and oxygen atoms in total. The van der Waals surface area contributed by atoms with Crippen LogP contribution in [-0.2, 0) is 9.53 Å². The minimum atomic E-state index is -0.366. The first-order valence-electron chi connectivity index (χ1n) is 9.04. The molecule has 1 atom stereocenters. The molecule has 3 rings (SSSR count). The molecule has 2 N–H and O–H groups in total. The number of carbonyl (C=O) groups excluding carboxylic acids is 1. The Balaban J connectivity index is 1.62. The second-order valence-electron chi connectivity index (χ2n) is 7.06. The van der Waals surface area contributed by atoms with Crippen LogP contribution in [0.15, 0.2) is 30.3 Å². The lowest BCUT2D eigenvalue weighted by Gasteiger charge is -2.39. The van der Waals surface area contributed by atoms with Gasteiger partial charge in [-0.15, -0.1) is 0 Å². The van der Waals surface area contributed by atoms with Crippen LogP contribution in [0.2, 0.25) is 0 Å². The van der Waals surface area contributed by atoms with Crippen molar-refractivity contribution in [3.63, 3.8) is 0 Å². The van der Waals surface area contributed by atoms with E-state index >= 15 is 0 Å². The molecule has 1 amide bonds. The topological polar surface area (TPSA) is 53.6 Å². The van der Waals surface area contributed by atoms with Gasteiger partial charge in [0.25, 0.3) is 0 Å². The second-order valence-corrected chi connectivity index (χ2v) is 7.06. The molecular formula is C19H29N3O2. The maximum Gasteiger partial charge on any atom is 0.228 e. The average molecular weight is 331 g/mol. The van der Waals surface area contributed by atoms with E-state index < -0.39 is 0 Å². The van der Waals surface area contributed by atoms with Gasteiger partial charge in [-0.1, -0.05) is 18.2 Å². The van der Waals surface area contributed by atoms with Crippen LogP contribution in [0, 0.1) is 5.41 Å². The lowest BCUT2D eigenvalue weighted by Crippen LogP contribution is -2.55. The third-order valence-corrected chi connectivity index (χ3v) is 5.34. The van der Waals surface area contributed by atoms with Crippen LogP contribution < -0.4 is 15.5 Å². The first-order valence-corrected chi connectivity index (χ1v) is 9.04. The lowest BCUT2D eigenvalue weighted by molar-refractivity contribution is -0.137. The Labute approximate surface area is 144 Å².